The van der Waals surface area contributed by atoms with E-state index in [1.54, 1.807) is 6.92 Å². The molecule has 4 aliphatic carbocycles. The highest BCUT2D eigenvalue weighted by molar-refractivity contribution is 7.86. The average molecular weight is 626 g/mol. The van der Waals surface area contributed by atoms with Crippen LogP contribution in [0, 0.1) is 34.0 Å². The topological polar surface area (TPSA) is 203 Å². The Balaban J connectivity index is 1.58. The van der Waals surface area contributed by atoms with Gasteiger partial charge in [-0.15, -0.1) is 0 Å². The quantitative estimate of drug-likeness (QED) is 0.157. The molecule has 4 saturated carbocycles. The molecular formula is C29H39NO12S. The number of carboxylic acid groups (broad SMARTS) is 1. The number of carbonyl (C=O) groups is 4. The Hall–Kier alpha value is -2.65. The van der Waals surface area contributed by atoms with Gasteiger partial charge in [0.25, 0.3) is 10.1 Å². The number of aliphatic hydroxyl groups is 2. The zero-order chi connectivity index (χ0) is 31.8. The van der Waals surface area contributed by atoms with Crippen LogP contribution in [0.4, 0.5) is 0 Å². The summed E-state index contributed by atoms with van der Waals surface area (Å²) in [6.45, 7) is 8.68. The van der Waals surface area contributed by atoms with Gasteiger partial charge in [0.2, 0.25) is 11.7 Å². The molecule has 2 aliphatic heterocycles. The molecule has 43 heavy (non-hydrogen) atoms. The number of amides is 1. The number of aliphatic hydroxyl groups excluding tert-OH is 1. The van der Waals surface area contributed by atoms with Gasteiger partial charge in [-0.05, 0) is 49.0 Å². The number of ketones is 1. The van der Waals surface area contributed by atoms with Gasteiger partial charge in [-0.25, -0.2) is 4.79 Å². The molecular weight excluding hydrogens is 586 g/mol. The van der Waals surface area contributed by atoms with Crippen molar-refractivity contribution in [3.05, 3.63) is 24.3 Å². The summed E-state index contributed by atoms with van der Waals surface area (Å²) in [6.07, 6.45) is -0.877. The lowest BCUT2D eigenvalue weighted by molar-refractivity contribution is -0.456. The molecule has 0 radical (unpaired) electrons. The molecule has 14 heteroatoms. The first-order valence-corrected chi connectivity index (χ1v) is 16.1. The molecule has 2 spiro atoms. The largest absolute Gasteiger partial charge is 0.478 e. The van der Waals surface area contributed by atoms with Gasteiger partial charge in [0.1, 0.15) is 24.2 Å². The summed E-state index contributed by atoms with van der Waals surface area (Å²) < 4.78 is 43.8. The Morgan fingerprint density at radius 1 is 1.19 bits per heavy atom. The number of nitrogens with one attached hydrogen (secondary N) is 1. The zero-order valence-electron chi connectivity index (χ0n) is 24.4. The molecule has 0 unspecified atom stereocenters. The van der Waals surface area contributed by atoms with Crippen molar-refractivity contribution in [1.29, 1.82) is 0 Å². The van der Waals surface area contributed by atoms with Crippen molar-refractivity contribution in [2.75, 3.05) is 18.9 Å². The molecule has 1 amide bonds. The maximum atomic E-state index is 14.3. The number of rotatable bonds is 9. The van der Waals surface area contributed by atoms with E-state index in [0.717, 1.165) is 6.08 Å². The van der Waals surface area contributed by atoms with Gasteiger partial charge >= 0.3 is 11.9 Å². The molecule has 4 N–H and O–H groups in total. The Kier molecular flexibility index (Phi) is 7.73. The highest BCUT2D eigenvalue weighted by atomic mass is 32.2. The van der Waals surface area contributed by atoms with Crippen LogP contribution in [0.5, 0.6) is 0 Å². The molecule has 4 bridgehead atoms. The number of esters is 1. The van der Waals surface area contributed by atoms with Crippen LogP contribution in [0.2, 0.25) is 0 Å². The minimum Gasteiger partial charge on any atom is -0.478 e. The van der Waals surface area contributed by atoms with Gasteiger partial charge in [-0.2, -0.15) is 8.42 Å². The third-order valence-corrected chi connectivity index (χ3v) is 12.0. The van der Waals surface area contributed by atoms with Crippen LogP contribution in [0.3, 0.4) is 0 Å². The standard InChI is InChI=1S/C29H39NO12S/c1-5-12-43(38,39)42-18-10-11-26(3,4)22-24(36)29(37)28-17(27(18,22)14-40-29)7-6-16(15(2)23(28)35)25(28)41-21(34)13-30-19(31)8-9-20(32)33/h8-9,16-18,22,24-25,36-37H,2,5-7,10-14H2,1,3-4H3,(H,30,31)(H,32,33)/b9-8+/t16-,17+,18+,22-,24+,25-,27-,28+,29-/m1/s1. The van der Waals surface area contributed by atoms with Crippen LogP contribution in [0.25, 0.3) is 0 Å². The first-order chi connectivity index (χ1) is 20.0. The van der Waals surface area contributed by atoms with E-state index in [1.807, 2.05) is 13.8 Å². The molecule has 13 nitrogen and oxygen atoms in total. The maximum Gasteiger partial charge on any atom is 0.328 e. The SMILES string of the molecule is C=C1C(=O)[C@]23[C@H](OC(=O)CNC(=O)/C=C/C(=O)O)[C@@H]1CC[C@H]2[C@@]12CO[C@]3(O)[C@@H](O)[C@@H]1C(C)(C)CC[C@@H]2OS(=O)(=O)CCC. The molecule has 0 aromatic rings. The summed E-state index contributed by atoms with van der Waals surface area (Å²) in [5, 5.41) is 35.2. The first kappa shape index (κ1) is 31.8. The van der Waals surface area contributed by atoms with Crippen molar-refractivity contribution in [2.45, 2.75) is 77.0 Å². The van der Waals surface area contributed by atoms with Gasteiger partial charge in [0, 0.05) is 29.4 Å². The number of hydrogen-bond donors (Lipinski definition) is 4. The van der Waals surface area contributed by atoms with Crippen molar-refractivity contribution >= 4 is 33.7 Å². The van der Waals surface area contributed by atoms with Gasteiger partial charge in [-0.3, -0.25) is 18.6 Å². The highest BCUT2D eigenvalue weighted by Gasteiger charge is 2.88. The normalized spacial score (nSPS) is 41.0. The van der Waals surface area contributed by atoms with Gasteiger partial charge < -0.3 is 30.1 Å². The predicted molar refractivity (Wildman–Crippen MR) is 147 cm³/mol. The average Bonchev–Trinajstić information content (AvgIpc) is 3.03. The number of Topliss-reactive ketones (excluding diaryl/α,β-unsaturated/α-hetero) is 1. The molecule has 6 aliphatic rings. The van der Waals surface area contributed by atoms with E-state index in [2.05, 4.69) is 11.9 Å². The summed E-state index contributed by atoms with van der Waals surface area (Å²) >= 11 is 0. The van der Waals surface area contributed by atoms with Crippen LogP contribution >= 0.6 is 0 Å². The molecule has 6 rings (SSSR count). The summed E-state index contributed by atoms with van der Waals surface area (Å²) in [5.41, 5.74) is -3.75. The second-order valence-corrected chi connectivity index (χ2v) is 14.9. The Morgan fingerprint density at radius 3 is 2.53 bits per heavy atom. The third-order valence-electron chi connectivity index (χ3n) is 10.6. The van der Waals surface area contributed by atoms with E-state index in [-0.39, 0.29) is 17.9 Å². The number of carboxylic acids is 1. The summed E-state index contributed by atoms with van der Waals surface area (Å²) in [5.74, 6) is -8.76. The molecule has 6 fully saturated rings. The van der Waals surface area contributed by atoms with E-state index >= 15 is 0 Å². The van der Waals surface area contributed by atoms with Gasteiger partial charge in [-0.1, -0.05) is 27.4 Å². The van der Waals surface area contributed by atoms with Gasteiger partial charge in [0.15, 0.2) is 5.78 Å². The van der Waals surface area contributed by atoms with E-state index in [1.165, 1.54) is 0 Å². The Bertz CT molecular complexity index is 1390. The van der Waals surface area contributed by atoms with E-state index in [0.29, 0.717) is 38.2 Å². The van der Waals surface area contributed by atoms with Crippen molar-refractivity contribution < 1.29 is 56.6 Å². The number of fused-ring (bicyclic) bond motifs is 2. The summed E-state index contributed by atoms with van der Waals surface area (Å²) in [7, 11) is -3.99. The lowest BCUT2D eigenvalue weighted by Crippen LogP contribution is -2.86. The predicted octanol–water partition coefficient (Wildman–Crippen LogP) is 0.448. The fourth-order valence-corrected chi connectivity index (χ4v) is 10.4. The fourth-order valence-electron chi connectivity index (χ4n) is 9.18. The lowest BCUT2D eigenvalue weighted by atomic mass is 9.35. The molecule has 0 aromatic carbocycles. The monoisotopic (exact) mass is 625 g/mol. The number of carbonyl (C=O) groups excluding carboxylic acids is 3. The third kappa shape index (κ3) is 4.43. The lowest BCUT2D eigenvalue weighted by Gasteiger charge is -2.74. The van der Waals surface area contributed by atoms with Crippen LogP contribution in [-0.2, 0) is 43.0 Å². The van der Waals surface area contributed by atoms with E-state index in [4.69, 9.17) is 18.8 Å². The van der Waals surface area contributed by atoms with Crippen molar-refractivity contribution in [3.8, 4) is 0 Å². The fraction of sp³-hybridized carbons (Fsp3) is 0.724. The van der Waals surface area contributed by atoms with E-state index < -0.39 is 98.4 Å². The van der Waals surface area contributed by atoms with E-state index in [9.17, 15) is 37.8 Å². The van der Waals surface area contributed by atoms with Gasteiger partial charge in [0.05, 0.1) is 18.5 Å². The summed E-state index contributed by atoms with van der Waals surface area (Å²) in [4.78, 5) is 49.9. The molecule has 238 valence electrons. The molecule has 0 aromatic heterocycles. The number of aliphatic carboxylic acids is 1. The van der Waals surface area contributed by atoms with Crippen molar-refractivity contribution in [2.24, 2.45) is 34.0 Å². The summed E-state index contributed by atoms with van der Waals surface area (Å²) in [6, 6.07) is 0. The maximum absolute atomic E-state index is 14.3. The zero-order valence-corrected chi connectivity index (χ0v) is 25.2. The van der Waals surface area contributed by atoms with Crippen LogP contribution in [0.1, 0.15) is 52.9 Å². The first-order valence-electron chi connectivity index (χ1n) is 14.6. The smallest absolute Gasteiger partial charge is 0.328 e. The Labute approximate surface area is 249 Å². The molecule has 2 heterocycles. The van der Waals surface area contributed by atoms with Crippen molar-refractivity contribution in [1.82, 2.24) is 5.32 Å². The Morgan fingerprint density at radius 2 is 1.88 bits per heavy atom. The number of ether oxygens (including phenoxy) is 2. The van der Waals surface area contributed by atoms with Crippen LogP contribution in [0.15, 0.2) is 24.3 Å². The minimum absolute atomic E-state index is 0.101. The van der Waals surface area contributed by atoms with Crippen molar-refractivity contribution in [3.63, 3.8) is 0 Å². The molecule has 9 atom stereocenters. The second kappa shape index (κ2) is 10.5. The number of hydrogen-bond acceptors (Lipinski definition) is 11. The van der Waals surface area contributed by atoms with Crippen LogP contribution < -0.4 is 5.32 Å². The van der Waals surface area contributed by atoms with Crippen LogP contribution in [-0.4, -0.2) is 90.4 Å². The second-order valence-electron chi connectivity index (χ2n) is 13.2. The minimum atomic E-state index is -3.99. The molecule has 2 saturated heterocycles. The highest BCUT2D eigenvalue weighted by Crippen LogP contribution is 2.77.